The van der Waals surface area contributed by atoms with Crippen LogP contribution < -0.4 is 0 Å². The van der Waals surface area contributed by atoms with E-state index in [1.54, 1.807) is 0 Å². The maximum atomic E-state index is 2.08. The molecule has 0 unspecified atom stereocenters. The summed E-state index contributed by atoms with van der Waals surface area (Å²) in [6.45, 7) is 2.02. The second kappa shape index (κ2) is 9.05. The summed E-state index contributed by atoms with van der Waals surface area (Å²) in [5, 5.41) is 0. The van der Waals surface area contributed by atoms with E-state index in [1.165, 1.54) is 5.56 Å². The molecule has 0 spiro atoms. The Kier molecular flexibility index (Phi) is 11.9. The van der Waals surface area contributed by atoms with Crippen molar-refractivity contribution in [3.8, 4) is 0 Å². The maximum absolute atomic E-state index is 2.08. The van der Waals surface area contributed by atoms with Crippen molar-refractivity contribution >= 4 is 65.2 Å². The van der Waals surface area contributed by atoms with E-state index in [-0.39, 0.29) is 59.1 Å². The molecule has 0 aliphatic carbocycles. The third kappa shape index (κ3) is 6.15. The van der Waals surface area contributed by atoms with Gasteiger partial charge in [-0.2, -0.15) is 0 Å². The summed E-state index contributed by atoms with van der Waals surface area (Å²) in [6, 6.07) is 10.3. The second-order valence-corrected chi connectivity index (χ2v) is 1.91. The summed E-state index contributed by atoms with van der Waals surface area (Å²) in [6.07, 6.45) is 4.12. The van der Waals surface area contributed by atoms with Crippen LogP contribution in [0.4, 0.5) is 0 Å². The molecule has 0 aliphatic heterocycles. The zero-order chi connectivity index (χ0) is 6.53. The topological polar surface area (TPSA) is 0 Å². The smallest absolute Gasteiger partial charge is 0 e. The summed E-state index contributed by atoms with van der Waals surface area (Å²) in [7, 11) is 0. The van der Waals surface area contributed by atoms with E-state index >= 15 is 0 Å². The molecule has 2 heteroatoms. The number of benzene rings is 1. The van der Waals surface area contributed by atoms with Gasteiger partial charge in [0.25, 0.3) is 0 Å². The first-order valence-corrected chi connectivity index (χ1v) is 3.11. The van der Waals surface area contributed by atoms with Crippen LogP contribution in [0, 0.1) is 0 Å². The quantitative estimate of drug-likeness (QED) is 0.556. The van der Waals surface area contributed by atoms with Crippen LogP contribution in [-0.2, 0) is 0 Å². The van der Waals surface area contributed by atoms with Gasteiger partial charge in [0, 0.05) is 59.1 Å². The Bertz CT molecular complexity index is 192. The number of hydrogen-bond donors (Lipinski definition) is 0. The van der Waals surface area contributed by atoms with E-state index in [9.17, 15) is 0 Å². The Morgan fingerprint density at radius 1 is 1.00 bits per heavy atom. The summed E-state index contributed by atoms with van der Waals surface area (Å²) >= 11 is 0. The predicted molar refractivity (Wildman–Crippen MR) is 52.7 cm³/mol. The van der Waals surface area contributed by atoms with Crippen LogP contribution in [0.3, 0.4) is 0 Å². The minimum absolute atomic E-state index is 0. The largest absolute Gasteiger partial charge is 0.0871 e. The van der Waals surface area contributed by atoms with Gasteiger partial charge in [-0.1, -0.05) is 42.5 Å². The van der Waals surface area contributed by atoms with Crippen molar-refractivity contribution in [1.29, 1.82) is 0 Å². The van der Waals surface area contributed by atoms with E-state index in [0.29, 0.717) is 0 Å². The average molecular weight is 164 g/mol. The third-order valence-electron chi connectivity index (χ3n) is 1.16. The van der Waals surface area contributed by atoms with Gasteiger partial charge in [0.1, 0.15) is 0 Å². The van der Waals surface area contributed by atoms with E-state index in [4.69, 9.17) is 0 Å². The van der Waals surface area contributed by atoms with Gasteiger partial charge in [-0.3, -0.25) is 0 Å². The van der Waals surface area contributed by atoms with Crippen LogP contribution in [0.15, 0.2) is 36.4 Å². The van der Waals surface area contributed by atoms with Gasteiger partial charge in [0.2, 0.25) is 0 Å². The third-order valence-corrected chi connectivity index (χ3v) is 1.16. The minimum atomic E-state index is 0. The molecule has 0 nitrogen and oxygen atoms in total. The van der Waals surface area contributed by atoms with E-state index in [0.717, 1.165) is 0 Å². The molecule has 0 heterocycles. The Labute approximate surface area is 113 Å². The van der Waals surface area contributed by atoms with Crippen LogP contribution in [0.25, 0.3) is 6.08 Å². The van der Waals surface area contributed by atoms with E-state index in [1.807, 2.05) is 31.2 Å². The van der Waals surface area contributed by atoms with Gasteiger partial charge in [0.05, 0.1) is 0 Å². The molecule has 0 fully saturated rings. The standard InChI is InChI=1S/C9H10.2Na/c1-2-6-9-7-4-3-5-8-9;;/h2-8H,1H3;;. The number of allylic oxidation sites excluding steroid dienone is 1. The number of rotatable bonds is 1. The molecule has 1 aromatic rings. The molecule has 0 N–H and O–H groups in total. The molecule has 0 saturated heterocycles. The molecule has 0 saturated carbocycles. The Morgan fingerprint density at radius 2 is 1.55 bits per heavy atom. The van der Waals surface area contributed by atoms with Crippen LogP contribution in [-0.4, -0.2) is 59.1 Å². The van der Waals surface area contributed by atoms with Crippen molar-refractivity contribution in [3.63, 3.8) is 0 Å². The SMILES string of the molecule is CC=Cc1ccccc1.[Na].[Na]. The fraction of sp³-hybridized carbons (Fsp3) is 0.111. The summed E-state index contributed by atoms with van der Waals surface area (Å²) in [5.41, 5.74) is 1.26. The zero-order valence-corrected chi connectivity index (χ0v) is 11.5. The molecule has 48 valence electrons. The molecular formula is C9H10Na2. The summed E-state index contributed by atoms with van der Waals surface area (Å²) < 4.78 is 0. The number of hydrogen-bond acceptors (Lipinski definition) is 0. The Morgan fingerprint density at radius 3 is 2.00 bits per heavy atom. The summed E-state index contributed by atoms with van der Waals surface area (Å²) in [5.74, 6) is 0. The van der Waals surface area contributed by atoms with Crippen molar-refractivity contribution < 1.29 is 0 Å². The molecule has 1 aromatic carbocycles. The minimum Gasteiger partial charge on any atom is -0.0871 e. The molecule has 2 radical (unpaired) electrons. The van der Waals surface area contributed by atoms with Crippen molar-refractivity contribution in [2.24, 2.45) is 0 Å². The fourth-order valence-electron chi connectivity index (χ4n) is 0.757. The van der Waals surface area contributed by atoms with Crippen LogP contribution in [0.5, 0.6) is 0 Å². The van der Waals surface area contributed by atoms with Gasteiger partial charge in [0.15, 0.2) is 0 Å². The normalized spacial score (nSPS) is 8.45. The molecule has 0 amide bonds. The Hall–Kier alpha value is 0.960. The van der Waals surface area contributed by atoms with Gasteiger partial charge in [-0.25, -0.2) is 0 Å². The van der Waals surface area contributed by atoms with Crippen LogP contribution in [0.1, 0.15) is 12.5 Å². The molecule has 1 rings (SSSR count). The van der Waals surface area contributed by atoms with Gasteiger partial charge < -0.3 is 0 Å². The van der Waals surface area contributed by atoms with Crippen LogP contribution in [0.2, 0.25) is 0 Å². The summed E-state index contributed by atoms with van der Waals surface area (Å²) in [4.78, 5) is 0. The monoisotopic (exact) mass is 164 g/mol. The molecular weight excluding hydrogens is 154 g/mol. The van der Waals surface area contributed by atoms with Gasteiger partial charge >= 0.3 is 0 Å². The first-order chi connectivity index (χ1) is 4.43. The maximum Gasteiger partial charge on any atom is 0 e. The molecule has 0 bridgehead atoms. The van der Waals surface area contributed by atoms with Crippen molar-refractivity contribution in [2.75, 3.05) is 0 Å². The van der Waals surface area contributed by atoms with Crippen molar-refractivity contribution in [3.05, 3.63) is 42.0 Å². The molecule has 11 heavy (non-hydrogen) atoms. The van der Waals surface area contributed by atoms with Crippen molar-refractivity contribution in [1.82, 2.24) is 0 Å². The Balaban J connectivity index is 0. The fourth-order valence-corrected chi connectivity index (χ4v) is 0.757. The second-order valence-electron chi connectivity index (χ2n) is 1.91. The first-order valence-electron chi connectivity index (χ1n) is 3.11. The van der Waals surface area contributed by atoms with Gasteiger partial charge in [-0.05, 0) is 12.5 Å². The molecule has 0 aromatic heterocycles. The van der Waals surface area contributed by atoms with E-state index in [2.05, 4.69) is 18.2 Å². The van der Waals surface area contributed by atoms with Crippen LogP contribution >= 0.6 is 0 Å². The average Bonchev–Trinajstić information content (AvgIpc) is 1.91. The van der Waals surface area contributed by atoms with E-state index < -0.39 is 0 Å². The first kappa shape index (κ1) is 14.5. The zero-order valence-electron chi connectivity index (χ0n) is 7.54. The molecule has 0 aliphatic rings. The predicted octanol–water partition coefficient (Wildman–Crippen LogP) is 1.96. The van der Waals surface area contributed by atoms with Gasteiger partial charge in [-0.15, -0.1) is 0 Å². The molecule has 0 atom stereocenters. The van der Waals surface area contributed by atoms with Crippen molar-refractivity contribution in [2.45, 2.75) is 6.92 Å².